The molecule has 0 aliphatic heterocycles. The summed E-state index contributed by atoms with van der Waals surface area (Å²) in [5.41, 5.74) is 2.67. The lowest BCUT2D eigenvalue weighted by Gasteiger charge is -2.32. The molecule has 1 aliphatic rings. The number of hydrogen-bond donors (Lipinski definition) is 0. The van der Waals surface area contributed by atoms with Crippen LogP contribution in [0.25, 0.3) is 11.3 Å². The van der Waals surface area contributed by atoms with Gasteiger partial charge in [-0.1, -0.05) is 60.8 Å². The first-order chi connectivity index (χ1) is 13.2. The number of carbonyl (C=O) groups excluding carboxylic acids is 1. The van der Waals surface area contributed by atoms with Crippen LogP contribution in [0.15, 0.2) is 59.3 Å². The Morgan fingerprint density at radius 2 is 1.85 bits per heavy atom. The Bertz CT molecular complexity index is 897. The van der Waals surface area contributed by atoms with Gasteiger partial charge < -0.3 is 4.52 Å². The van der Waals surface area contributed by atoms with E-state index in [1.165, 1.54) is 6.42 Å². The summed E-state index contributed by atoms with van der Waals surface area (Å²) in [6, 6.07) is 15.5. The Morgan fingerprint density at radius 1 is 1.07 bits per heavy atom. The number of nitrogens with zero attached hydrogens (tertiary/aromatic N) is 3. The first kappa shape index (κ1) is 17.5. The van der Waals surface area contributed by atoms with Gasteiger partial charge in [-0.15, -0.1) is 0 Å². The third-order valence-corrected chi connectivity index (χ3v) is 5.09. The van der Waals surface area contributed by atoms with Crippen molar-refractivity contribution in [3.63, 3.8) is 0 Å². The Hall–Kier alpha value is -2.95. The lowest BCUT2D eigenvalue weighted by molar-refractivity contribution is 0.0933. The Balaban J connectivity index is 1.66. The lowest BCUT2D eigenvalue weighted by atomic mass is 9.94. The number of rotatable bonds is 4. The summed E-state index contributed by atoms with van der Waals surface area (Å²) >= 11 is 0. The van der Waals surface area contributed by atoms with Crippen molar-refractivity contribution in [2.75, 3.05) is 4.90 Å². The van der Waals surface area contributed by atoms with Gasteiger partial charge in [0.2, 0.25) is 5.76 Å². The summed E-state index contributed by atoms with van der Waals surface area (Å²) in [5, 5.41) is 4.10. The van der Waals surface area contributed by atoms with Gasteiger partial charge in [0, 0.05) is 23.9 Å². The van der Waals surface area contributed by atoms with Crippen molar-refractivity contribution in [1.29, 1.82) is 0 Å². The van der Waals surface area contributed by atoms with Crippen molar-refractivity contribution in [2.45, 2.75) is 45.1 Å². The van der Waals surface area contributed by atoms with Gasteiger partial charge in [-0.25, -0.2) is 4.98 Å². The highest BCUT2D eigenvalue weighted by Gasteiger charge is 2.31. The second-order valence-electron chi connectivity index (χ2n) is 7.10. The predicted octanol–water partition coefficient (Wildman–Crippen LogP) is 5.02. The zero-order valence-electron chi connectivity index (χ0n) is 15.5. The van der Waals surface area contributed by atoms with Crippen molar-refractivity contribution in [1.82, 2.24) is 10.1 Å². The Morgan fingerprint density at radius 3 is 2.56 bits per heavy atom. The first-order valence-corrected chi connectivity index (χ1v) is 9.51. The number of carbonyl (C=O) groups is 1. The topological polar surface area (TPSA) is 59.2 Å². The van der Waals surface area contributed by atoms with Gasteiger partial charge in [-0.05, 0) is 31.4 Å². The van der Waals surface area contributed by atoms with E-state index in [0.29, 0.717) is 11.5 Å². The molecule has 5 heteroatoms. The molecule has 2 aromatic heterocycles. The van der Waals surface area contributed by atoms with Gasteiger partial charge in [-0.2, -0.15) is 0 Å². The van der Waals surface area contributed by atoms with Crippen molar-refractivity contribution in [2.24, 2.45) is 0 Å². The molecule has 0 radical (unpaired) electrons. The molecule has 0 saturated heterocycles. The van der Waals surface area contributed by atoms with Crippen LogP contribution in [0.3, 0.4) is 0 Å². The maximum absolute atomic E-state index is 13.3. The number of hydrogen-bond acceptors (Lipinski definition) is 4. The molecule has 1 fully saturated rings. The number of anilines is 1. The molecular formula is C22H23N3O2. The molecule has 5 nitrogen and oxygen atoms in total. The Kier molecular flexibility index (Phi) is 5.01. The second kappa shape index (κ2) is 7.74. The number of amides is 1. The molecule has 0 bridgehead atoms. The second-order valence-corrected chi connectivity index (χ2v) is 7.10. The number of aryl methyl sites for hydroxylation is 1. The molecule has 27 heavy (non-hydrogen) atoms. The van der Waals surface area contributed by atoms with Crippen LogP contribution in [0.4, 0.5) is 5.82 Å². The SMILES string of the molecule is Cc1ccc(N(C(=O)c2cc(-c3ccccc3)no2)C2CCCCC2)nc1. The summed E-state index contributed by atoms with van der Waals surface area (Å²) in [5.74, 6) is 0.755. The highest BCUT2D eigenvalue weighted by atomic mass is 16.5. The van der Waals surface area contributed by atoms with E-state index in [2.05, 4.69) is 10.1 Å². The first-order valence-electron chi connectivity index (χ1n) is 9.51. The average Bonchev–Trinajstić information content (AvgIpc) is 3.21. The van der Waals surface area contributed by atoms with Gasteiger partial charge in [0.05, 0.1) is 0 Å². The fourth-order valence-electron chi connectivity index (χ4n) is 3.64. The summed E-state index contributed by atoms with van der Waals surface area (Å²) in [4.78, 5) is 19.6. The van der Waals surface area contributed by atoms with E-state index in [4.69, 9.17) is 4.52 Å². The number of pyridine rings is 1. The molecule has 0 N–H and O–H groups in total. The fourth-order valence-corrected chi connectivity index (χ4v) is 3.64. The van der Waals surface area contributed by atoms with E-state index >= 15 is 0 Å². The highest BCUT2D eigenvalue weighted by molar-refractivity contribution is 6.04. The molecule has 1 saturated carbocycles. The molecule has 3 aromatic rings. The molecule has 4 rings (SSSR count). The molecule has 0 atom stereocenters. The van der Waals surface area contributed by atoms with E-state index in [1.54, 1.807) is 17.2 Å². The smallest absolute Gasteiger partial charge is 0.298 e. The molecule has 138 valence electrons. The minimum atomic E-state index is -0.173. The van der Waals surface area contributed by atoms with Crippen LogP contribution in [-0.2, 0) is 0 Å². The van der Waals surface area contributed by atoms with E-state index < -0.39 is 0 Å². The van der Waals surface area contributed by atoms with Crippen molar-refractivity contribution in [3.8, 4) is 11.3 Å². The molecule has 1 amide bonds. The van der Waals surface area contributed by atoms with Crippen molar-refractivity contribution >= 4 is 11.7 Å². The van der Waals surface area contributed by atoms with Crippen LogP contribution >= 0.6 is 0 Å². The fraction of sp³-hybridized carbons (Fsp3) is 0.318. The maximum atomic E-state index is 13.3. The number of aromatic nitrogens is 2. The van der Waals surface area contributed by atoms with Crippen LogP contribution in [0.1, 0.15) is 48.2 Å². The van der Waals surface area contributed by atoms with Crippen molar-refractivity contribution in [3.05, 3.63) is 66.1 Å². The van der Waals surface area contributed by atoms with Gasteiger partial charge in [0.25, 0.3) is 5.91 Å². The Labute approximate surface area is 159 Å². The van der Waals surface area contributed by atoms with E-state index in [-0.39, 0.29) is 17.7 Å². The summed E-state index contributed by atoms with van der Waals surface area (Å²) in [6.45, 7) is 1.99. The van der Waals surface area contributed by atoms with Crippen LogP contribution < -0.4 is 4.90 Å². The van der Waals surface area contributed by atoms with Gasteiger partial charge in [-0.3, -0.25) is 9.69 Å². The third-order valence-electron chi connectivity index (χ3n) is 5.09. The van der Waals surface area contributed by atoms with Crippen LogP contribution in [0.2, 0.25) is 0 Å². The largest absolute Gasteiger partial charge is 0.350 e. The van der Waals surface area contributed by atoms with Crippen LogP contribution in [-0.4, -0.2) is 22.1 Å². The molecule has 2 heterocycles. The van der Waals surface area contributed by atoms with Gasteiger partial charge in [0.15, 0.2) is 0 Å². The van der Waals surface area contributed by atoms with Crippen LogP contribution in [0.5, 0.6) is 0 Å². The van der Waals surface area contributed by atoms with Gasteiger partial charge in [0.1, 0.15) is 11.5 Å². The van der Waals surface area contributed by atoms with Gasteiger partial charge >= 0.3 is 0 Å². The normalized spacial score (nSPS) is 14.9. The van der Waals surface area contributed by atoms with E-state index in [0.717, 1.165) is 36.8 Å². The van der Waals surface area contributed by atoms with Crippen LogP contribution in [0, 0.1) is 6.92 Å². The minimum absolute atomic E-state index is 0.145. The summed E-state index contributed by atoms with van der Waals surface area (Å²) in [7, 11) is 0. The summed E-state index contributed by atoms with van der Waals surface area (Å²) < 4.78 is 5.43. The van der Waals surface area contributed by atoms with Crippen molar-refractivity contribution < 1.29 is 9.32 Å². The molecular weight excluding hydrogens is 338 g/mol. The predicted molar refractivity (Wildman–Crippen MR) is 105 cm³/mol. The highest BCUT2D eigenvalue weighted by Crippen LogP contribution is 2.29. The van der Waals surface area contributed by atoms with E-state index in [1.807, 2.05) is 49.4 Å². The zero-order valence-corrected chi connectivity index (χ0v) is 15.5. The monoisotopic (exact) mass is 361 g/mol. The molecule has 0 unspecified atom stereocenters. The lowest BCUT2D eigenvalue weighted by Crippen LogP contribution is -2.42. The minimum Gasteiger partial charge on any atom is -0.350 e. The van der Waals surface area contributed by atoms with E-state index in [9.17, 15) is 4.79 Å². The quantitative estimate of drug-likeness (QED) is 0.654. The maximum Gasteiger partial charge on any atom is 0.298 e. The number of benzene rings is 1. The molecule has 1 aromatic carbocycles. The standard InChI is InChI=1S/C22H23N3O2/c1-16-12-13-21(23-15-16)25(18-10-6-3-7-11-18)22(26)20-14-19(24-27-20)17-8-4-2-5-9-17/h2,4-5,8-9,12-15,18H,3,6-7,10-11H2,1H3. The zero-order chi connectivity index (χ0) is 18.6. The molecule has 1 aliphatic carbocycles. The molecule has 0 spiro atoms. The average molecular weight is 361 g/mol. The third kappa shape index (κ3) is 3.77. The summed E-state index contributed by atoms with van der Waals surface area (Å²) in [6.07, 6.45) is 7.26.